The summed E-state index contributed by atoms with van der Waals surface area (Å²) in [4.78, 5) is 1.89. The highest BCUT2D eigenvalue weighted by molar-refractivity contribution is 5.71. The molecule has 0 aliphatic rings. The highest BCUT2D eigenvalue weighted by Crippen LogP contribution is 2.36. The van der Waals surface area contributed by atoms with Crippen LogP contribution >= 0.6 is 0 Å². The first kappa shape index (κ1) is 14.3. The minimum absolute atomic E-state index is 0.0323. The van der Waals surface area contributed by atoms with E-state index >= 15 is 0 Å². The summed E-state index contributed by atoms with van der Waals surface area (Å²) in [6.07, 6.45) is -2.55. The predicted molar refractivity (Wildman–Crippen MR) is 79.7 cm³/mol. The van der Waals surface area contributed by atoms with E-state index in [4.69, 9.17) is 5.73 Å². The first-order valence-corrected chi connectivity index (χ1v) is 6.55. The smallest absolute Gasteiger partial charge is 0.265 e. The molecule has 20 heavy (non-hydrogen) atoms. The van der Waals surface area contributed by atoms with E-state index in [0.29, 0.717) is 17.9 Å². The van der Waals surface area contributed by atoms with Crippen LogP contribution in [0.3, 0.4) is 0 Å². The number of para-hydroxylation sites is 1. The molecule has 0 saturated carbocycles. The standard InChI is InChI=1S/C16H18F2N2/c1-3-20(14-7-5-4-6-11(14)2)15-9-8-12(19)10-13(15)16(17)18/h4-10,16H,3,19H2,1-2H3. The number of rotatable bonds is 4. The van der Waals surface area contributed by atoms with Gasteiger partial charge in [0.25, 0.3) is 6.43 Å². The van der Waals surface area contributed by atoms with Crippen LogP contribution in [0.1, 0.15) is 24.5 Å². The molecule has 0 amide bonds. The van der Waals surface area contributed by atoms with E-state index in [1.165, 1.54) is 6.07 Å². The Morgan fingerprint density at radius 2 is 1.80 bits per heavy atom. The van der Waals surface area contributed by atoms with E-state index in [9.17, 15) is 8.78 Å². The van der Waals surface area contributed by atoms with Gasteiger partial charge in [0.15, 0.2) is 0 Å². The van der Waals surface area contributed by atoms with Crippen LogP contribution in [-0.4, -0.2) is 6.54 Å². The quantitative estimate of drug-likeness (QED) is 0.822. The van der Waals surface area contributed by atoms with Crippen molar-refractivity contribution in [3.63, 3.8) is 0 Å². The van der Waals surface area contributed by atoms with Crippen molar-refractivity contribution in [2.45, 2.75) is 20.3 Å². The molecule has 0 bridgehead atoms. The molecule has 2 rings (SSSR count). The van der Waals surface area contributed by atoms with Crippen LogP contribution in [-0.2, 0) is 0 Å². The number of hydrogen-bond acceptors (Lipinski definition) is 2. The fraction of sp³-hybridized carbons (Fsp3) is 0.250. The van der Waals surface area contributed by atoms with Gasteiger partial charge in [-0.3, -0.25) is 0 Å². The topological polar surface area (TPSA) is 29.3 Å². The first-order chi connectivity index (χ1) is 9.54. The molecule has 0 radical (unpaired) electrons. The summed E-state index contributed by atoms with van der Waals surface area (Å²) >= 11 is 0. The van der Waals surface area contributed by atoms with Crippen molar-refractivity contribution >= 4 is 17.1 Å². The predicted octanol–water partition coefficient (Wildman–Crippen LogP) is 4.67. The molecule has 0 aromatic heterocycles. The maximum atomic E-state index is 13.2. The number of nitrogens with zero attached hydrogens (tertiary/aromatic N) is 1. The van der Waals surface area contributed by atoms with Gasteiger partial charge in [0.2, 0.25) is 0 Å². The summed E-state index contributed by atoms with van der Waals surface area (Å²) < 4.78 is 26.5. The van der Waals surface area contributed by atoms with E-state index in [1.54, 1.807) is 12.1 Å². The zero-order valence-corrected chi connectivity index (χ0v) is 11.6. The Labute approximate surface area is 117 Å². The third kappa shape index (κ3) is 2.74. The lowest BCUT2D eigenvalue weighted by Gasteiger charge is -2.27. The van der Waals surface area contributed by atoms with Crippen molar-refractivity contribution in [2.24, 2.45) is 0 Å². The molecule has 2 N–H and O–H groups in total. The lowest BCUT2D eigenvalue weighted by molar-refractivity contribution is 0.152. The van der Waals surface area contributed by atoms with Crippen molar-refractivity contribution < 1.29 is 8.78 Å². The van der Waals surface area contributed by atoms with Crippen molar-refractivity contribution in [1.29, 1.82) is 0 Å². The summed E-state index contributed by atoms with van der Waals surface area (Å²) in [7, 11) is 0. The number of nitrogens with two attached hydrogens (primary N) is 1. The Morgan fingerprint density at radius 1 is 1.10 bits per heavy atom. The zero-order chi connectivity index (χ0) is 14.7. The normalized spacial score (nSPS) is 10.8. The molecule has 0 unspecified atom stereocenters. The van der Waals surface area contributed by atoms with Crippen LogP contribution in [0.25, 0.3) is 0 Å². The zero-order valence-electron chi connectivity index (χ0n) is 11.6. The molecular formula is C16H18F2N2. The second-order valence-corrected chi connectivity index (χ2v) is 4.65. The summed E-state index contributed by atoms with van der Waals surface area (Å²) in [5.41, 5.74) is 8.43. The second-order valence-electron chi connectivity index (χ2n) is 4.65. The maximum absolute atomic E-state index is 13.2. The molecule has 2 nitrogen and oxygen atoms in total. The molecule has 0 heterocycles. The molecular weight excluding hydrogens is 258 g/mol. The van der Waals surface area contributed by atoms with Gasteiger partial charge in [-0.1, -0.05) is 18.2 Å². The summed E-state index contributed by atoms with van der Waals surface area (Å²) in [6, 6.07) is 12.4. The van der Waals surface area contributed by atoms with Crippen molar-refractivity contribution in [3.8, 4) is 0 Å². The number of nitrogen functional groups attached to an aromatic ring is 1. The van der Waals surface area contributed by atoms with Gasteiger partial charge in [-0.2, -0.15) is 0 Å². The SMILES string of the molecule is CCN(c1ccccc1C)c1ccc(N)cc1C(F)F. The molecule has 0 saturated heterocycles. The van der Waals surface area contributed by atoms with Gasteiger partial charge < -0.3 is 10.6 Å². The van der Waals surface area contributed by atoms with Crippen LogP contribution in [0, 0.1) is 6.92 Å². The minimum atomic E-state index is -2.55. The van der Waals surface area contributed by atoms with Gasteiger partial charge in [0, 0.05) is 23.5 Å². The Hall–Kier alpha value is -2.10. The van der Waals surface area contributed by atoms with Crippen molar-refractivity contribution in [3.05, 3.63) is 53.6 Å². The third-order valence-corrected chi connectivity index (χ3v) is 3.30. The van der Waals surface area contributed by atoms with E-state index in [-0.39, 0.29) is 5.56 Å². The van der Waals surface area contributed by atoms with Gasteiger partial charge in [0.05, 0.1) is 5.69 Å². The van der Waals surface area contributed by atoms with Crippen LogP contribution in [0.15, 0.2) is 42.5 Å². The monoisotopic (exact) mass is 276 g/mol. The van der Waals surface area contributed by atoms with E-state index in [1.807, 2.05) is 43.0 Å². The molecule has 0 atom stereocenters. The number of hydrogen-bond donors (Lipinski definition) is 1. The highest BCUT2D eigenvalue weighted by atomic mass is 19.3. The Morgan fingerprint density at radius 3 is 2.40 bits per heavy atom. The van der Waals surface area contributed by atoms with Crippen LogP contribution in [0.2, 0.25) is 0 Å². The number of anilines is 3. The largest absolute Gasteiger partial charge is 0.399 e. The van der Waals surface area contributed by atoms with E-state index in [0.717, 1.165) is 11.3 Å². The van der Waals surface area contributed by atoms with Gasteiger partial charge in [0.1, 0.15) is 0 Å². The number of aryl methyl sites for hydroxylation is 1. The molecule has 106 valence electrons. The van der Waals surface area contributed by atoms with Crippen molar-refractivity contribution in [1.82, 2.24) is 0 Å². The van der Waals surface area contributed by atoms with Crippen LogP contribution in [0.4, 0.5) is 25.8 Å². The highest BCUT2D eigenvalue weighted by Gasteiger charge is 2.19. The first-order valence-electron chi connectivity index (χ1n) is 6.55. The Balaban J connectivity index is 2.55. The second kappa shape index (κ2) is 5.90. The number of halogens is 2. The van der Waals surface area contributed by atoms with Gasteiger partial charge in [-0.25, -0.2) is 8.78 Å². The summed E-state index contributed by atoms with van der Waals surface area (Å²) in [5, 5.41) is 0. The lowest BCUT2D eigenvalue weighted by Crippen LogP contribution is -2.19. The Bertz CT molecular complexity index is 597. The molecule has 0 aliphatic heterocycles. The van der Waals surface area contributed by atoms with E-state index < -0.39 is 6.43 Å². The molecule has 2 aromatic rings. The van der Waals surface area contributed by atoms with Gasteiger partial charge in [-0.05, 0) is 43.7 Å². The Kier molecular flexibility index (Phi) is 4.23. The van der Waals surface area contributed by atoms with Gasteiger partial charge in [-0.15, -0.1) is 0 Å². The fourth-order valence-electron chi connectivity index (χ4n) is 2.33. The van der Waals surface area contributed by atoms with Crippen LogP contribution < -0.4 is 10.6 Å². The molecule has 0 spiro atoms. The van der Waals surface area contributed by atoms with Crippen molar-refractivity contribution in [2.75, 3.05) is 17.2 Å². The van der Waals surface area contributed by atoms with Gasteiger partial charge >= 0.3 is 0 Å². The third-order valence-electron chi connectivity index (χ3n) is 3.30. The molecule has 2 aromatic carbocycles. The summed E-state index contributed by atoms with van der Waals surface area (Å²) in [5.74, 6) is 0. The number of alkyl halides is 2. The van der Waals surface area contributed by atoms with E-state index in [2.05, 4.69) is 0 Å². The maximum Gasteiger partial charge on any atom is 0.265 e. The molecule has 0 fully saturated rings. The average Bonchev–Trinajstić information content (AvgIpc) is 2.42. The molecule has 0 aliphatic carbocycles. The van der Waals surface area contributed by atoms with Crippen LogP contribution in [0.5, 0.6) is 0 Å². The lowest BCUT2D eigenvalue weighted by atomic mass is 10.1. The summed E-state index contributed by atoms with van der Waals surface area (Å²) in [6.45, 7) is 4.52. The number of benzene rings is 2. The average molecular weight is 276 g/mol. The minimum Gasteiger partial charge on any atom is -0.399 e. The fourth-order valence-corrected chi connectivity index (χ4v) is 2.33. The molecule has 4 heteroatoms.